The van der Waals surface area contributed by atoms with Gasteiger partial charge >= 0.3 is 5.97 Å². The maximum absolute atomic E-state index is 12.6. The molecule has 12 nitrogen and oxygen atoms in total. The molecular weight excluding hydrogens is 875 g/mol. The topological polar surface area (TPSA) is 181 Å². The molecular formula is C57H85NO11. The average Bonchev–Trinajstić information content (AvgIpc) is 3.48. The number of aliphatic carboxylic acids is 1. The number of carbonyl (C=O) groups excluding carboxylic acids is 1. The van der Waals surface area contributed by atoms with E-state index in [1.165, 1.54) is 58.6 Å². The number of benzene rings is 1. The molecule has 2 aromatic rings. The number of aliphatic hydroxyl groups excluding tert-OH is 2. The third kappa shape index (κ3) is 14.7. The van der Waals surface area contributed by atoms with Crippen LogP contribution in [0.4, 0.5) is 0 Å². The van der Waals surface area contributed by atoms with E-state index in [2.05, 4.69) is 37.9 Å². The van der Waals surface area contributed by atoms with Crippen molar-refractivity contribution in [1.82, 2.24) is 5.32 Å². The summed E-state index contributed by atoms with van der Waals surface area (Å²) in [5.41, 5.74) is 6.18. The fourth-order valence-corrected chi connectivity index (χ4v) is 11.7. The third-order valence-corrected chi connectivity index (χ3v) is 15.2. The fraction of sp³-hybridized carbons (Fsp3) is 0.632. The summed E-state index contributed by atoms with van der Waals surface area (Å²) >= 11 is 0. The quantitative estimate of drug-likeness (QED) is 0.108. The van der Waals surface area contributed by atoms with Gasteiger partial charge in [0.1, 0.15) is 0 Å². The van der Waals surface area contributed by atoms with Crippen LogP contribution in [0.1, 0.15) is 162 Å². The number of methoxy groups -OCH3 is 4. The first-order valence-electron chi connectivity index (χ1n) is 25.4. The molecule has 0 aliphatic heterocycles. The summed E-state index contributed by atoms with van der Waals surface area (Å²) < 4.78 is 22.0. The van der Waals surface area contributed by atoms with Gasteiger partial charge in [0.25, 0.3) is 0 Å². The predicted molar refractivity (Wildman–Crippen MR) is 274 cm³/mol. The fourth-order valence-electron chi connectivity index (χ4n) is 11.7. The van der Waals surface area contributed by atoms with Crippen LogP contribution in [0.25, 0.3) is 11.1 Å². The van der Waals surface area contributed by atoms with E-state index >= 15 is 0 Å². The minimum Gasteiger partial charge on any atom is -0.493 e. The number of carboxylic acid groups (broad SMARTS) is 1. The largest absolute Gasteiger partial charge is 0.493 e. The summed E-state index contributed by atoms with van der Waals surface area (Å²) in [6, 6.07) is 6.57. The van der Waals surface area contributed by atoms with Crippen molar-refractivity contribution < 1.29 is 49.0 Å². The van der Waals surface area contributed by atoms with E-state index in [9.17, 15) is 29.7 Å². The molecule has 0 radical (unpaired) electrons. The van der Waals surface area contributed by atoms with E-state index in [0.717, 1.165) is 72.3 Å². The summed E-state index contributed by atoms with van der Waals surface area (Å²) in [5.74, 6) is 2.97. The number of allylic oxidation sites excluding steroid dienone is 3. The molecule has 5 N–H and O–H groups in total. The highest BCUT2D eigenvalue weighted by Gasteiger charge is 2.50. The Hall–Kier alpha value is -4.65. The lowest BCUT2D eigenvalue weighted by molar-refractivity contribution is -0.142. The third-order valence-electron chi connectivity index (χ3n) is 15.2. The lowest BCUT2D eigenvalue weighted by atomic mass is 9.60. The molecule has 6 rings (SSSR count). The summed E-state index contributed by atoms with van der Waals surface area (Å²) in [4.78, 5) is 35.0. The predicted octanol–water partition coefficient (Wildman–Crippen LogP) is 10.9. The Morgan fingerprint density at radius 1 is 0.928 bits per heavy atom. The molecule has 0 spiro atoms. The number of ether oxygens (including phenoxy) is 4. The summed E-state index contributed by atoms with van der Waals surface area (Å²) in [5, 5.41) is 41.8. The van der Waals surface area contributed by atoms with Gasteiger partial charge in [-0.05, 0) is 154 Å². The normalized spacial score (nSPS) is 24.6. The molecule has 0 unspecified atom stereocenters. The minimum absolute atomic E-state index is 0.102. The number of aliphatic hydroxyl groups is 3. The Kier molecular flexibility index (Phi) is 21.4. The molecule has 2 aromatic carbocycles. The molecule has 4 aliphatic rings. The highest BCUT2D eigenvalue weighted by Crippen LogP contribution is 2.60. The monoisotopic (exact) mass is 960 g/mol. The van der Waals surface area contributed by atoms with Crippen molar-refractivity contribution in [2.75, 3.05) is 28.4 Å². The van der Waals surface area contributed by atoms with Gasteiger partial charge in [-0.2, -0.15) is 0 Å². The molecule has 3 fully saturated rings. The molecule has 1 amide bonds. The molecule has 7 atom stereocenters. The van der Waals surface area contributed by atoms with Crippen LogP contribution in [0, 0.1) is 29.1 Å². The number of hydrogen-bond donors (Lipinski definition) is 5. The van der Waals surface area contributed by atoms with Crippen LogP contribution in [0.5, 0.6) is 23.0 Å². The van der Waals surface area contributed by atoms with Crippen molar-refractivity contribution in [1.29, 1.82) is 0 Å². The van der Waals surface area contributed by atoms with Gasteiger partial charge in [-0.15, -0.1) is 0 Å². The first kappa shape index (κ1) is 56.9. The van der Waals surface area contributed by atoms with Crippen molar-refractivity contribution >= 4 is 11.9 Å². The molecule has 0 heterocycles. The molecule has 0 aromatic heterocycles. The molecule has 384 valence electrons. The van der Waals surface area contributed by atoms with Crippen molar-refractivity contribution in [3.8, 4) is 34.1 Å². The number of carbonyl (C=O) groups is 2. The van der Waals surface area contributed by atoms with E-state index in [-0.39, 0.29) is 29.0 Å². The number of fused-ring (bicyclic) bond motifs is 4. The standard InChI is InChI=1S/C27H44O3.C22H25NO6.C8H16O2/c1-18(8-6-14-26(3,4)30)23-12-13-24-20(9-7-15-27(23,24)5)10-11-21-16-22(28)17-25(29)19(21)2;1-12(24)23-16-8-6-13-10-19(27-3)21(28-4)22(29-5)20(13)14-7-9-18(26-2)17(25)11-15(14)16;1-3-5-7(6-4-2)8(9)10/h10-11,18,22-25,28-30H,2,6-9,12-17H2,1,3-5H3;7,9-11,16H,6,8H2,1-5H3,(H,23,24);7H,3-6H2,1-2H3,(H,9,10)/b20-10+,21-11-;;/t18-,22-,23-,24+,25+,27-;16-;/m10./s1. The van der Waals surface area contributed by atoms with Crippen LogP contribution < -0.4 is 29.7 Å². The SMILES string of the molecule is C=C1/C(=C\C=C2/CCC[C@]3(C)[C@@H]([C@H](C)CCCC(C)(C)O)CC[C@@H]23)C[C@@H](O)C[C@@H]1O.CCCC(CCC)C(=O)O.COc1cc2c(c(OC)c1OC)-c1ccc(OC)c(=O)cc1[C@@H](NC(C)=O)CC2. The zero-order valence-electron chi connectivity index (χ0n) is 43.7. The second-order valence-electron chi connectivity index (χ2n) is 20.7. The zero-order valence-corrected chi connectivity index (χ0v) is 43.7. The van der Waals surface area contributed by atoms with Gasteiger partial charge in [-0.1, -0.05) is 83.7 Å². The van der Waals surface area contributed by atoms with Crippen LogP contribution in [0.3, 0.4) is 0 Å². The number of aryl methyl sites for hydroxylation is 1. The lowest BCUT2D eigenvalue weighted by Crippen LogP contribution is -2.36. The first-order valence-corrected chi connectivity index (χ1v) is 25.4. The maximum Gasteiger partial charge on any atom is 0.306 e. The van der Waals surface area contributed by atoms with E-state index in [1.807, 2.05) is 39.8 Å². The van der Waals surface area contributed by atoms with Gasteiger partial charge in [0.05, 0.1) is 58.2 Å². The van der Waals surface area contributed by atoms with E-state index in [4.69, 9.17) is 24.1 Å². The first-order chi connectivity index (χ1) is 32.7. The van der Waals surface area contributed by atoms with Crippen LogP contribution >= 0.6 is 0 Å². The smallest absolute Gasteiger partial charge is 0.306 e. The van der Waals surface area contributed by atoms with Crippen molar-refractivity contribution in [3.63, 3.8) is 0 Å². The summed E-state index contributed by atoms with van der Waals surface area (Å²) in [7, 11) is 6.14. The van der Waals surface area contributed by atoms with E-state index < -0.39 is 23.8 Å². The lowest BCUT2D eigenvalue weighted by Gasteiger charge is -2.44. The summed E-state index contributed by atoms with van der Waals surface area (Å²) in [6.45, 7) is 18.3. The van der Waals surface area contributed by atoms with Gasteiger partial charge in [0, 0.05) is 18.9 Å². The molecule has 4 aliphatic carbocycles. The Balaban J connectivity index is 0.000000252. The highest BCUT2D eigenvalue weighted by molar-refractivity contribution is 5.83. The molecule has 12 heteroatoms. The maximum atomic E-state index is 12.6. The van der Waals surface area contributed by atoms with Crippen molar-refractivity contribution in [3.05, 3.63) is 81.1 Å². The molecule has 3 saturated carbocycles. The van der Waals surface area contributed by atoms with Crippen LogP contribution in [-0.2, 0) is 16.0 Å². The number of amides is 1. The van der Waals surface area contributed by atoms with Crippen molar-refractivity contribution in [2.24, 2.45) is 29.1 Å². The molecule has 0 saturated heterocycles. The van der Waals surface area contributed by atoms with Gasteiger partial charge in [-0.3, -0.25) is 14.4 Å². The number of hydrogen-bond acceptors (Lipinski definition) is 10. The van der Waals surface area contributed by atoms with Gasteiger partial charge in [0.2, 0.25) is 17.1 Å². The van der Waals surface area contributed by atoms with E-state index in [1.54, 1.807) is 33.0 Å². The number of nitrogens with one attached hydrogen (secondary N) is 1. The molecule has 69 heavy (non-hydrogen) atoms. The Labute approximate surface area is 412 Å². The van der Waals surface area contributed by atoms with Crippen LogP contribution in [0.15, 0.2) is 64.5 Å². The Bertz CT molecular complexity index is 2180. The Morgan fingerprint density at radius 2 is 1.59 bits per heavy atom. The minimum atomic E-state index is -0.635. The van der Waals surface area contributed by atoms with Gasteiger partial charge in [-0.25, -0.2) is 0 Å². The number of rotatable bonds is 16. The van der Waals surface area contributed by atoms with Crippen molar-refractivity contribution in [2.45, 2.75) is 175 Å². The second-order valence-corrected chi connectivity index (χ2v) is 20.7. The number of carboxylic acids is 1. The van der Waals surface area contributed by atoms with Crippen LogP contribution in [-0.4, -0.2) is 78.6 Å². The van der Waals surface area contributed by atoms with Crippen LogP contribution in [0.2, 0.25) is 0 Å². The van der Waals surface area contributed by atoms with Gasteiger partial charge in [0.15, 0.2) is 17.2 Å². The van der Waals surface area contributed by atoms with E-state index in [0.29, 0.717) is 65.7 Å². The second kappa shape index (κ2) is 26.0. The summed E-state index contributed by atoms with van der Waals surface area (Å²) in [6.07, 6.45) is 18.7. The van der Waals surface area contributed by atoms with Gasteiger partial charge < -0.3 is 44.7 Å². The Morgan fingerprint density at radius 3 is 2.17 bits per heavy atom. The zero-order chi connectivity index (χ0) is 51.2. The molecule has 0 bridgehead atoms. The average molecular weight is 960 g/mol. The highest BCUT2D eigenvalue weighted by atomic mass is 16.5.